The summed E-state index contributed by atoms with van der Waals surface area (Å²) < 4.78 is 4.85. The van der Waals surface area contributed by atoms with Crippen LogP contribution in [0.1, 0.15) is 5.76 Å². The Kier molecular flexibility index (Phi) is 2.56. The van der Waals surface area contributed by atoms with Crippen LogP contribution >= 0.6 is 11.6 Å². The molecular formula is C11H8ClNO2. The monoisotopic (exact) mass is 221 g/mol. The maximum absolute atomic E-state index is 11.1. The third kappa shape index (κ3) is 2.25. The van der Waals surface area contributed by atoms with Crippen LogP contribution in [0.4, 0.5) is 0 Å². The van der Waals surface area contributed by atoms with Gasteiger partial charge in [-0.1, -0.05) is 17.7 Å². The van der Waals surface area contributed by atoms with Crippen LogP contribution < -0.4 is 5.63 Å². The molecule has 0 aliphatic rings. The van der Waals surface area contributed by atoms with E-state index in [9.17, 15) is 4.79 Å². The Bertz CT molecular complexity index is 548. The van der Waals surface area contributed by atoms with Gasteiger partial charge in [0.15, 0.2) is 0 Å². The number of nitrogens with zero attached hydrogens (tertiary/aromatic N) is 1. The third-order valence-corrected chi connectivity index (χ3v) is 2.12. The van der Waals surface area contributed by atoms with Crippen LogP contribution in [0.15, 0.2) is 39.5 Å². The van der Waals surface area contributed by atoms with Gasteiger partial charge in [0.05, 0.1) is 5.69 Å². The summed E-state index contributed by atoms with van der Waals surface area (Å²) in [6.07, 6.45) is 0. The second-order valence-corrected chi connectivity index (χ2v) is 3.51. The van der Waals surface area contributed by atoms with Crippen molar-refractivity contribution in [3.05, 3.63) is 51.7 Å². The van der Waals surface area contributed by atoms with E-state index in [1.54, 1.807) is 31.2 Å². The fourth-order valence-corrected chi connectivity index (χ4v) is 1.49. The lowest BCUT2D eigenvalue weighted by Gasteiger charge is -2.00. The Labute approximate surface area is 91.3 Å². The topological polar surface area (TPSA) is 43.1 Å². The number of halogens is 1. The van der Waals surface area contributed by atoms with E-state index in [1.807, 2.05) is 0 Å². The van der Waals surface area contributed by atoms with Gasteiger partial charge < -0.3 is 4.42 Å². The molecule has 0 saturated carbocycles. The minimum Gasteiger partial charge on any atom is -0.428 e. The predicted molar refractivity (Wildman–Crippen MR) is 58.0 cm³/mol. The van der Waals surface area contributed by atoms with Crippen molar-refractivity contribution in [3.63, 3.8) is 0 Å². The highest BCUT2D eigenvalue weighted by molar-refractivity contribution is 6.29. The number of aryl methyl sites for hydroxylation is 1. The lowest BCUT2D eigenvalue weighted by molar-refractivity contribution is 0.481. The predicted octanol–water partition coefficient (Wildman–Crippen LogP) is 2.66. The van der Waals surface area contributed by atoms with E-state index in [0.717, 1.165) is 0 Å². The maximum atomic E-state index is 11.1. The third-order valence-electron chi connectivity index (χ3n) is 1.90. The summed E-state index contributed by atoms with van der Waals surface area (Å²) in [7, 11) is 0. The summed E-state index contributed by atoms with van der Waals surface area (Å²) in [5.41, 5.74) is 0.997. The van der Waals surface area contributed by atoms with Crippen molar-refractivity contribution >= 4 is 11.6 Å². The number of aromatic nitrogens is 1. The Balaban J connectivity index is 2.59. The van der Waals surface area contributed by atoms with E-state index in [4.69, 9.17) is 16.0 Å². The average Bonchev–Trinajstić information content (AvgIpc) is 2.16. The van der Waals surface area contributed by atoms with Crippen LogP contribution in [0, 0.1) is 6.92 Å². The summed E-state index contributed by atoms with van der Waals surface area (Å²) in [6.45, 7) is 1.72. The van der Waals surface area contributed by atoms with E-state index in [1.165, 1.54) is 6.07 Å². The Hall–Kier alpha value is -1.61. The van der Waals surface area contributed by atoms with E-state index in [0.29, 0.717) is 22.2 Å². The van der Waals surface area contributed by atoms with Gasteiger partial charge in [0, 0.05) is 11.6 Å². The molecule has 2 rings (SSSR count). The maximum Gasteiger partial charge on any atom is 0.336 e. The van der Waals surface area contributed by atoms with Crippen molar-refractivity contribution in [1.82, 2.24) is 4.98 Å². The molecule has 2 aromatic heterocycles. The number of pyridine rings is 1. The summed E-state index contributed by atoms with van der Waals surface area (Å²) in [5.74, 6) is 0.555. The molecule has 2 aromatic rings. The van der Waals surface area contributed by atoms with Gasteiger partial charge in [-0.25, -0.2) is 9.78 Å². The van der Waals surface area contributed by atoms with E-state index in [2.05, 4.69) is 4.98 Å². The molecule has 0 unspecified atom stereocenters. The van der Waals surface area contributed by atoms with Gasteiger partial charge in [-0.3, -0.25) is 0 Å². The smallest absolute Gasteiger partial charge is 0.336 e. The van der Waals surface area contributed by atoms with Crippen LogP contribution in [0.25, 0.3) is 11.3 Å². The molecule has 0 atom stereocenters. The number of hydrogen-bond acceptors (Lipinski definition) is 3. The first-order chi connectivity index (χ1) is 7.15. The summed E-state index contributed by atoms with van der Waals surface area (Å²) in [5, 5.41) is 0.401. The Morgan fingerprint density at radius 1 is 1.33 bits per heavy atom. The highest BCUT2D eigenvalue weighted by atomic mass is 35.5. The lowest BCUT2D eigenvalue weighted by Crippen LogP contribution is -1.98. The van der Waals surface area contributed by atoms with Crippen molar-refractivity contribution in [2.75, 3.05) is 0 Å². The van der Waals surface area contributed by atoms with Crippen molar-refractivity contribution in [3.8, 4) is 11.3 Å². The zero-order chi connectivity index (χ0) is 10.8. The lowest BCUT2D eigenvalue weighted by atomic mass is 10.1. The molecule has 0 saturated heterocycles. The average molecular weight is 222 g/mol. The first-order valence-electron chi connectivity index (χ1n) is 4.40. The summed E-state index contributed by atoms with van der Waals surface area (Å²) in [4.78, 5) is 15.3. The largest absolute Gasteiger partial charge is 0.428 e. The van der Waals surface area contributed by atoms with Gasteiger partial charge in [0.2, 0.25) is 0 Å². The SMILES string of the molecule is Cc1cc(-c2cccc(Cl)n2)cc(=O)o1. The Morgan fingerprint density at radius 3 is 2.80 bits per heavy atom. The molecule has 15 heavy (non-hydrogen) atoms. The van der Waals surface area contributed by atoms with E-state index in [-0.39, 0.29) is 5.63 Å². The van der Waals surface area contributed by atoms with Crippen LogP contribution in [0.2, 0.25) is 5.15 Å². The first-order valence-corrected chi connectivity index (χ1v) is 4.78. The molecule has 0 spiro atoms. The van der Waals surface area contributed by atoms with Crippen molar-refractivity contribution < 1.29 is 4.42 Å². The van der Waals surface area contributed by atoms with Gasteiger partial charge in [0.25, 0.3) is 0 Å². The highest BCUT2D eigenvalue weighted by Gasteiger charge is 2.03. The molecule has 0 fully saturated rings. The fraction of sp³-hybridized carbons (Fsp3) is 0.0909. The minimum absolute atomic E-state index is 0.383. The molecule has 0 aliphatic carbocycles. The molecular weight excluding hydrogens is 214 g/mol. The van der Waals surface area contributed by atoms with Gasteiger partial charge in [-0.05, 0) is 25.1 Å². The van der Waals surface area contributed by atoms with Gasteiger partial charge in [-0.2, -0.15) is 0 Å². The molecule has 0 aromatic carbocycles. The van der Waals surface area contributed by atoms with Crippen LogP contribution in [-0.4, -0.2) is 4.98 Å². The van der Waals surface area contributed by atoms with Crippen LogP contribution in [-0.2, 0) is 0 Å². The number of rotatable bonds is 1. The standard InChI is InChI=1S/C11H8ClNO2/c1-7-5-8(6-11(14)15-7)9-3-2-4-10(12)13-9/h2-6H,1H3. The second-order valence-electron chi connectivity index (χ2n) is 3.12. The zero-order valence-corrected chi connectivity index (χ0v) is 8.78. The van der Waals surface area contributed by atoms with Crippen LogP contribution in [0.5, 0.6) is 0 Å². The van der Waals surface area contributed by atoms with Crippen molar-refractivity contribution in [1.29, 1.82) is 0 Å². The minimum atomic E-state index is -0.383. The zero-order valence-electron chi connectivity index (χ0n) is 8.03. The highest BCUT2D eigenvalue weighted by Crippen LogP contribution is 2.18. The quantitative estimate of drug-likeness (QED) is 0.696. The van der Waals surface area contributed by atoms with Crippen LogP contribution in [0.3, 0.4) is 0 Å². The fourth-order valence-electron chi connectivity index (χ4n) is 1.32. The van der Waals surface area contributed by atoms with Crippen molar-refractivity contribution in [2.45, 2.75) is 6.92 Å². The molecule has 0 N–H and O–H groups in total. The molecule has 4 heteroatoms. The Morgan fingerprint density at radius 2 is 2.13 bits per heavy atom. The molecule has 0 radical (unpaired) electrons. The van der Waals surface area contributed by atoms with Crippen molar-refractivity contribution in [2.24, 2.45) is 0 Å². The van der Waals surface area contributed by atoms with E-state index < -0.39 is 0 Å². The van der Waals surface area contributed by atoms with Gasteiger partial charge in [-0.15, -0.1) is 0 Å². The summed E-state index contributed by atoms with van der Waals surface area (Å²) >= 11 is 5.76. The van der Waals surface area contributed by atoms with E-state index >= 15 is 0 Å². The molecule has 76 valence electrons. The molecule has 0 aliphatic heterocycles. The molecule has 0 bridgehead atoms. The molecule has 2 heterocycles. The number of hydrogen-bond donors (Lipinski definition) is 0. The molecule has 0 amide bonds. The van der Waals surface area contributed by atoms with Gasteiger partial charge >= 0.3 is 5.63 Å². The molecule has 3 nitrogen and oxygen atoms in total. The summed E-state index contributed by atoms with van der Waals surface area (Å²) in [6, 6.07) is 8.41. The normalized spacial score (nSPS) is 10.3. The first kappa shape index (κ1) is 9.93. The second kappa shape index (κ2) is 3.87. The van der Waals surface area contributed by atoms with Gasteiger partial charge in [0.1, 0.15) is 10.9 Å².